The number of nitrogens with one attached hydrogen (secondary N) is 3. The predicted molar refractivity (Wildman–Crippen MR) is 107 cm³/mol. The predicted octanol–water partition coefficient (Wildman–Crippen LogP) is 1.67. The average molecular weight is 399 g/mol. The van der Waals surface area contributed by atoms with Gasteiger partial charge < -0.3 is 20.7 Å². The molecule has 1 aromatic rings. The number of alkyl carbamates (subject to hydrolysis) is 1. The van der Waals surface area contributed by atoms with Gasteiger partial charge in [-0.15, -0.1) is 0 Å². The van der Waals surface area contributed by atoms with Gasteiger partial charge in [0.25, 0.3) is 0 Å². The van der Waals surface area contributed by atoms with Crippen LogP contribution in [-0.2, 0) is 21.1 Å². The van der Waals surface area contributed by atoms with E-state index in [9.17, 15) is 13.2 Å². The minimum Gasteiger partial charge on any atom is -0.444 e. The van der Waals surface area contributed by atoms with Gasteiger partial charge in [0.1, 0.15) is 5.60 Å². The van der Waals surface area contributed by atoms with Crippen LogP contribution in [0.15, 0.2) is 34.2 Å². The number of rotatable bonds is 7. The van der Waals surface area contributed by atoms with Crippen LogP contribution in [0.25, 0.3) is 0 Å². The van der Waals surface area contributed by atoms with Crippen LogP contribution < -0.4 is 16.0 Å². The number of aliphatic imine (C=N–C) groups is 1. The third-order valence-corrected chi connectivity index (χ3v) is 4.48. The monoisotopic (exact) mass is 398 g/mol. The van der Waals surface area contributed by atoms with Crippen molar-refractivity contribution in [3.05, 3.63) is 29.8 Å². The van der Waals surface area contributed by atoms with E-state index >= 15 is 0 Å². The molecule has 0 saturated heterocycles. The molecule has 0 atom stereocenters. The second-order valence-electron chi connectivity index (χ2n) is 7.05. The first-order valence-electron chi connectivity index (χ1n) is 8.71. The van der Waals surface area contributed by atoms with Crippen LogP contribution in [0, 0.1) is 0 Å². The molecule has 3 N–H and O–H groups in total. The summed E-state index contributed by atoms with van der Waals surface area (Å²) in [6.45, 7) is 7.09. The van der Waals surface area contributed by atoms with E-state index in [0.29, 0.717) is 36.9 Å². The second kappa shape index (κ2) is 10.1. The molecule has 0 unspecified atom stereocenters. The summed E-state index contributed by atoms with van der Waals surface area (Å²) in [6.07, 6.45) is 1.47. The molecule has 0 spiro atoms. The number of carbonyl (C=O) groups excluding carboxylic acids is 1. The fraction of sp³-hybridized carbons (Fsp3) is 0.556. The summed E-state index contributed by atoms with van der Waals surface area (Å²) in [5, 5.41) is 9.00. The molecule has 0 aliphatic rings. The zero-order chi connectivity index (χ0) is 20.5. The summed E-state index contributed by atoms with van der Waals surface area (Å²) in [5.41, 5.74) is 0.435. The Hall–Kier alpha value is -2.29. The summed E-state index contributed by atoms with van der Waals surface area (Å²) in [6, 6.07) is 6.71. The molecule has 0 aliphatic carbocycles. The van der Waals surface area contributed by atoms with Gasteiger partial charge >= 0.3 is 6.09 Å². The fourth-order valence-electron chi connectivity index (χ4n) is 2.06. The van der Waals surface area contributed by atoms with E-state index in [1.165, 1.54) is 6.26 Å². The summed E-state index contributed by atoms with van der Waals surface area (Å²) in [5.74, 6) is 0.624. The summed E-state index contributed by atoms with van der Waals surface area (Å²) < 4.78 is 28.1. The molecule has 1 amide bonds. The van der Waals surface area contributed by atoms with E-state index < -0.39 is 21.5 Å². The molecule has 8 nitrogen and oxygen atoms in total. The lowest BCUT2D eigenvalue weighted by molar-refractivity contribution is 0.0527. The first-order valence-corrected chi connectivity index (χ1v) is 10.6. The van der Waals surface area contributed by atoms with Gasteiger partial charge in [-0.25, -0.2) is 13.2 Å². The number of nitrogens with zero attached hydrogens (tertiary/aromatic N) is 1. The molecule has 152 valence electrons. The molecule has 0 bridgehead atoms. The number of guanidine groups is 1. The quantitative estimate of drug-likeness (QED) is 0.366. The number of amides is 1. The zero-order valence-electron chi connectivity index (χ0n) is 16.6. The van der Waals surface area contributed by atoms with Crippen molar-refractivity contribution in [2.24, 2.45) is 4.99 Å². The van der Waals surface area contributed by atoms with Gasteiger partial charge in [0.15, 0.2) is 15.8 Å². The Kier molecular flexibility index (Phi) is 8.55. The van der Waals surface area contributed by atoms with Crippen LogP contribution in [0.1, 0.15) is 32.8 Å². The maximum atomic E-state index is 11.5. The number of sulfone groups is 1. The van der Waals surface area contributed by atoms with E-state index in [-0.39, 0.29) is 0 Å². The van der Waals surface area contributed by atoms with E-state index in [2.05, 4.69) is 20.9 Å². The topological polar surface area (TPSA) is 109 Å². The van der Waals surface area contributed by atoms with Gasteiger partial charge in [-0.2, -0.15) is 0 Å². The molecule has 0 heterocycles. The molecular weight excluding hydrogens is 368 g/mol. The molecule has 0 fully saturated rings. The Balaban J connectivity index is 2.30. The number of hydrogen-bond acceptors (Lipinski definition) is 5. The van der Waals surface area contributed by atoms with Crippen molar-refractivity contribution in [3.63, 3.8) is 0 Å². The third kappa shape index (κ3) is 9.83. The lowest BCUT2D eigenvalue weighted by atomic mass is 10.2. The Morgan fingerprint density at radius 3 is 2.19 bits per heavy atom. The maximum absolute atomic E-state index is 11.5. The smallest absolute Gasteiger partial charge is 0.407 e. The Bertz CT molecular complexity index is 738. The highest BCUT2D eigenvalue weighted by Crippen LogP contribution is 2.10. The molecule has 1 aromatic carbocycles. The van der Waals surface area contributed by atoms with E-state index in [1.807, 2.05) is 20.8 Å². The number of benzene rings is 1. The number of ether oxygens (including phenoxy) is 1. The van der Waals surface area contributed by atoms with Crippen LogP contribution >= 0.6 is 0 Å². The van der Waals surface area contributed by atoms with E-state index in [1.54, 1.807) is 31.3 Å². The summed E-state index contributed by atoms with van der Waals surface area (Å²) >= 11 is 0. The van der Waals surface area contributed by atoms with Gasteiger partial charge in [-0.1, -0.05) is 12.1 Å². The summed E-state index contributed by atoms with van der Waals surface area (Å²) in [4.78, 5) is 16.0. The van der Waals surface area contributed by atoms with E-state index in [0.717, 1.165) is 5.56 Å². The lowest BCUT2D eigenvalue weighted by Gasteiger charge is -2.19. The zero-order valence-corrected chi connectivity index (χ0v) is 17.4. The van der Waals surface area contributed by atoms with Crippen LogP contribution in [0.4, 0.5) is 4.79 Å². The van der Waals surface area contributed by atoms with Crippen molar-refractivity contribution in [3.8, 4) is 0 Å². The normalized spacial score (nSPS) is 12.4. The first-order chi connectivity index (χ1) is 12.5. The minimum atomic E-state index is -3.18. The van der Waals surface area contributed by atoms with Gasteiger partial charge in [0.05, 0.1) is 4.90 Å². The molecule has 0 aromatic heterocycles. The maximum Gasteiger partial charge on any atom is 0.407 e. The largest absolute Gasteiger partial charge is 0.444 e. The SMILES string of the molecule is CN=C(NCCCNC(=O)OC(C)(C)C)NCc1ccc(S(C)(=O)=O)cc1. The molecule has 9 heteroatoms. The number of carbonyl (C=O) groups is 1. The standard InChI is InChI=1S/C18H30N4O4S/c1-18(2,3)26-17(23)21-12-6-11-20-16(19-4)22-13-14-7-9-15(10-8-14)27(5,24)25/h7-10H,6,11-13H2,1-5H3,(H,21,23)(H2,19,20,22). The van der Waals surface area contributed by atoms with Crippen molar-refractivity contribution in [2.75, 3.05) is 26.4 Å². The Morgan fingerprint density at radius 1 is 1.07 bits per heavy atom. The van der Waals surface area contributed by atoms with Crippen molar-refractivity contribution < 1.29 is 17.9 Å². The van der Waals surface area contributed by atoms with Crippen LogP contribution in [0.3, 0.4) is 0 Å². The van der Waals surface area contributed by atoms with Crippen LogP contribution in [0.2, 0.25) is 0 Å². The summed E-state index contributed by atoms with van der Waals surface area (Å²) in [7, 11) is -1.52. The van der Waals surface area contributed by atoms with Gasteiger partial charge in [0.2, 0.25) is 0 Å². The van der Waals surface area contributed by atoms with Crippen LogP contribution in [0.5, 0.6) is 0 Å². The van der Waals surface area contributed by atoms with E-state index in [4.69, 9.17) is 4.74 Å². The molecule has 0 aliphatic heterocycles. The van der Waals surface area contributed by atoms with Crippen molar-refractivity contribution in [1.82, 2.24) is 16.0 Å². The highest BCUT2D eigenvalue weighted by atomic mass is 32.2. The van der Waals surface area contributed by atoms with Crippen molar-refractivity contribution >= 4 is 21.9 Å². The lowest BCUT2D eigenvalue weighted by Crippen LogP contribution is -2.39. The highest BCUT2D eigenvalue weighted by Gasteiger charge is 2.15. The van der Waals surface area contributed by atoms with Crippen LogP contribution in [-0.4, -0.2) is 52.5 Å². The van der Waals surface area contributed by atoms with Crippen molar-refractivity contribution in [2.45, 2.75) is 44.2 Å². The molecule has 0 saturated carbocycles. The molecule has 0 radical (unpaired) electrons. The molecular formula is C18H30N4O4S. The third-order valence-electron chi connectivity index (χ3n) is 3.35. The first kappa shape index (κ1) is 22.8. The molecule has 27 heavy (non-hydrogen) atoms. The fourth-order valence-corrected chi connectivity index (χ4v) is 2.69. The van der Waals surface area contributed by atoms with Gasteiger partial charge in [0, 0.05) is 32.9 Å². The van der Waals surface area contributed by atoms with Gasteiger partial charge in [-0.3, -0.25) is 4.99 Å². The Labute approximate surface area is 161 Å². The number of hydrogen-bond donors (Lipinski definition) is 3. The highest BCUT2D eigenvalue weighted by molar-refractivity contribution is 7.90. The average Bonchev–Trinajstić information content (AvgIpc) is 2.55. The van der Waals surface area contributed by atoms with Gasteiger partial charge in [-0.05, 0) is 44.9 Å². The Morgan fingerprint density at radius 2 is 1.67 bits per heavy atom. The van der Waals surface area contributed by atoms with Crippen molar-refractivity contribution in [1.29, 1.82) is 0 Å². The second-order valence-corrected chi connectivity index (χ2v) is 9.07. The minimum absolute atomic E-state index is 0.297. The molecule has 1 rings (SSSR count).